The van der Waals surface area contributed by atoms with Crippen LogP contribution in [0.25, 0.3) is 0 Å². The van der Waals surface area contributed by atoms with Crippen molar-refractivity contribution in [3.63, 3.8) is 0 Å². The van der Waals surface area contributed by atoms with E-state index in [2.05, 4.69) is 24.1 Å². The molecule has 4 heteroatoms. The molecule has 1 amide bonds. The van der Waals surface area contributed by atoms with Gasteiger partial charge in [0, 0.05) is 17.8 Å². The first-order chi connectivity index (χ1) is 9.06. The Morgan fingerprint density at radius 3 is 2.53 bits per heavy atom. The Labute approximate surface area is 116 Å². The summed E-state index contributed by atoms with van der Waals surface area (Å²) in [5, 5.41) is 2.94. The highest BCUT2D eigenvalue weighted by molar-refractivity contribution is 5.95. The summed E-state index contributed by atoms with van der Waals surface area (Å²) in [7, 11) is 0. The summed E-state index contributed by atoms with van der Waals surface area (Å²) in [6, 6.07) is 5.43. The zero-order valence-electron chi connectivity index (χ0n) is 12.2. The molecule has 0 radical (unpaired) electrons. The number of anilines is 1. The highest BCUT2D eigenvalue weighted by atomic mass is 16.1. The largest absolute Gasteiger partial charge is 0.399 e. The summed E-state index contributed by atoms with van der Waals surface area (Å²) in [5.74, 6) is -0.0463. The Bertz CT molecular complexity index is 394. The van der Waals surface area contributed by atoms with E-state index in [1.807, 2.05) is 19.1 Å². The monoisotopic (exact) mass is 263 g/mol. The number of nitrogen functional groups attached to an aromatic ring is 1. The van der Waals surface area contributed by atoms with Gasteiger partial charge in [-0.25, -0.2) is 0 Å². The lowest BCUT2D eigenvalue weighted by atomic mass is 10.1. The van der Waals surface area contributed by atoms with Gasteiger partial charge in [0.05, 0.1) is 0 Å². The molecule has 0 aliphatic heterocycles. The van der Waals surface area contributed by atoms with Crippen LogP contribution in [-0.4, -0.2) is 37.0 Å². The minimum atomic E-state index is -0.0463. The molecule has 1 aromatic rings. The van der Waals surface area contributed by atoms with Crippen molar-refractivity contribution in [3.05, 3.63) is 29.3 Å². The van der Waals surface area contributed by atoms with Crippen molar-refractivity contribution in [3.8, 4) is 0 Å². The fourth-order valence-corrected chi connectivity index (χ4v) is 2.09. The number of carbonyl (C=O) groups is 1. The second-order valence-electron chi connectivity index (χ2n) is 4.77. The summed E-state index contributed by atoms with van der Waals surface area (Å²) in [6.07, 6.45) is 0.967. The van der Waals surface area contributed by atoms with Crippen LogP contribution < -0.4 is 11.1 Å². The van der Waals surface area contributed by atoms with Crippen molar-refractivity contribution in [2.75, 3.05) is 31.9 Å². The first-order valence-electron chi connectivity index (χ1n) is 6.94. The highest BCUT2D eigenvalue weighted by Crippen LogP contribution is 2.10. The van der Waals surface area contributed by atoms with E-state index in [1.54, 1.807) is 6.07 Å². The smallest absolute Gasteiger partial charge is 0.251 e. The van der Waals surface area contributed by atoms with Crippen LogP contribution in [0.15, 0.2) is 18.2 Å². The van der Waals surface area contributed by atoms with Crippen molar-refractivity contribution in [1.29, 1.82) is 0 Å². The number of hydrogen-bond acceptors (Lipinski definition) is 3. The van der Waals surface area contributed by atoms with Gasteiger partial charge >= 0.3 is 0 Å². The molecule has 0 fully saturated rings. The van der Waals surface area contributed by atoms with Crippen LogP contribution in [-0.2, 0) is 0 Å². The summed E-state index contributed by atoms with van der Waals surface area (Å²) in [5.41, 5.74) is 8.02. The number of carbonyl (C=O) groups excluding carboxylic acids is 1. The average molecular weight is 263 g/mol. The Kier molecular flexibility index (Phi) is 6.36. The molecule has 0 unspecified atom stereocenters. The molecule has 3 N–H and O–H groups in total. The molecule has 4 nitrogen and oxygen atoms in total. The lowest BCUT2D eigenvalue weighted by Crippen LogP contribution is -2.30. The molecule has 0 atom stereocenters. The molecule has 0 saturated heterocycles. The molecule has 1 aromatic carbocycles. The van der Waals surface area contributed by atoms with Gasteiger partial charge in [0.15, 0.2) is 0 Å². The molecule has 0 aromatic heterocycles. The Balaban J connectivity index is 2.39. The molecular formula is C15H25N3O. The maximum Gasteiger partial charge on any atom is 0.251 e. The van der Waals surface area contributed by atoms with Gasteiger partial charge in [-0.3, -0.25) is 4.79 Å². The molecule has 106 valence electrons. The number of nitrogens with two attached hydrogens (primary N) is 1. The molecule has 0 spiro atoms. The van der Waals surface area contributed by atoms with Gasteiger partial charge in [-0.2, -0.15) is 0 Å². The number of hydrogen-bond donors (Lipinski definition) is 2. The van der Waals surface area contributed by atoms with Crippen LogP contribution in [0.3, 0.4) is 0 Å². The third kappa shape index (κ3) is 5.30. The van der Waals surface area contributed by atoms with Crippen molar-refractivity contribution >= 4 is 11.6 Å². The van der Waals surface area contributed by atoms with Crippen molar-refractivity contribution < 1.29 is 4.79 Å². The minimum Gasteiger partial charge on any atom is -0.399 e. The highest BCUT2D eigenvalue weighted by Gasteiger charge is 2.06. The molecule has 19 heavy (non-hydrogen) atoms. The Hall–Kier alpha value is -1.55. The van der Waals surface area contributed by atoms with E-state index in [1.165, 1.54) is 0 Å². The SMILES string of the molecule is CCN(CC)CCCNC(=O)c1cc(C)cc(N)c1. The van der Waals surface area contributed by atoms with E-state index in [-0.39, 0.29) is 5.91 Å². The molecule has 0 saturated carbocycles. The predicted octanol–water partition coefficient (Wildman–Crippen LogP) is 2.04. The lowest BCUT2D eigenvalue weighted by molar-refractivity contribution is 0.0952. The second kappa shape index (κ2) is 7.79. The number of rotatable bonds is 7. The van der Waals surface area contributed by atoms with Crippen LogP contribution in [0.4, 0.5) is 5.69 Å². The quantitative estimate of drug-likeness (QED) is 0.584. The number of nitrogens with zero attached hydrogens (tertiary/aromatic N) is 1. The van der Waals surface area contributed by atoms with E-state index >= 15 is 0 Å². The normalized spacial score (nSPS) is 10.7. The molecular weight excluding hydrogens is 238 g/mol. The zero-order chi connectivity index (χ0) is 14.3. The topological polar surface area (TPSA) is 58.4 Å². The Morgan fingerprint density at radius 1 is 1.26 bits per heavy atom. The van der Waals surface area contributed by atoms with Crippen molar-refractivity contribution in [2.24, 2.45) is 0 Å². The molecule has 0 bridgehead atoms. The van der Waals surface area contributed by atoms with Crippen LogP contribution in [0.2, 0.25) is 0 Å². The van der Waals surface area contributed by atoms with Crippen LogP contribution in [0.1, 0.15) is 36.2 Å². The zero-order valence-corrected chi connectivity index (χ0v) is 12.2. The lowest BCUT2D eigenvalue weighted by Gasteiger charge is -2.17. The van der Waals surface area contributed by atoms with E-state index in [0.717, 1.165) is 31.6 Å². The number of amides is 1. The van der Waals surface area contributed by atoms with Gasteiger partial charge in [0.2, 0.25) is 0 Å². The van der Waals surface area contributed by atoms with Gasteiger partial charge in [-0.05, 0) is 56.7 Å². The summed E-state index contributed by atoms with van der Waals surface area (Å²) < 4.78 is 0. The Morgan fingerprint density at radius 2 is 1.95 bits per heavy atom. The van der Waals surface area contributed by atoms with Crippen LogP contribution in [0, 0.1) is 6.92 Å². The number of aryl methyl sites for hydroxylation is 1. The standard InChI is InChI=1S/C15H25N3O/c1-4-18(5-2)8-6-7-17-15(19)13-9-12(3)10-14(16)11-13/h9-11H,4-8,16H2,1-3H3,(H,17,19). The summed E-state index contributed by atoms with van der Waals surface area (Å²) >= 11 is 0. The first kappa shape index (κ1) is 15.5. The van der Waals surface area contributed by atoms with Crippen LogP contribution in [0.5, 0.6) is 0 Å². The maximum absolute atomic E-state index is 12.0. The summed E-state index contributed by atoms with van der Waals surface area (Å²) in [6.45, 7) is 10.1. The first-order valence-corrected chi connectivity index (χ1v) is 6.94. The fourth-order valence-electron chi connectivity index (χ4n) is 2.09. The van der Waals surface area contributed by atoms with E-state index < -0.39 is 0 Å². The predicted molar refractivity (Wildman–Crippen MR) is 80.3 cm³/mol. The minimum absolute atomic E-state index is 0.0463. The third-order valence-corrected chi connectivity index (χ3v) is 3.19. The van der Waals surface area contributed by atoms with E-state index in [4.69, 9.17) is 5.73 Å². The van der Waals surface area contributed by atoms with Crippen molar-refractivity contribution in [2.45, 2.75) is 27.2 Å². The fraction of sp³-hybridized carbons (Fsp3) is 0.533. The molecule has 0 aliphatic carbocycles. The van der Waals surface area contributed by atoms with Gasteiger partial charge in [-0.1, -0.05) is 13.8 Å². The van der Waals surface area contributed by atoms with Gasteiger partial charge in [-0.15, -0.1) is 0 Å². The van der Waals surface area contributed by atoms with E-state index in [0.29, 0.717) is 17.8 Å². The van der Waals surface area contributed by atoms with Gasteiger partial charge < -0.3 is 16.0 Å². The molecule has 0 heterocycles. The van der Waals surface area contributed by atoms with E-state index in [9.17, 15) is 4.79 Å². The van der Waals surface area contributed by atoms with Gasteiger partial charge in [0.1, 0.15) is 0 Å². The van der Waals surface area contributed by atoms with Crippen molar-refractivity contribution in [1.82, 2.24) is 10.2 Å². The second-order valence-corrected chi connectivity index (χ2v) is 4.77. The average Bonchev–Trinajstić information content (AvgIpc) is 2.37. The summed E-state index contributed by atoms with van der Waals surface area (Å²) in [4.78, 5) is 14.3. The molecule has 0 aliphatic rings. The number of nitrogens with one attached hydrogen (secondary N) is 1. The van der Waals surface area contributed by atoms with Crippen LogP contribution >= 0.6 is 0 Å². The third-order valence-electron chi connectivity index (χ3n) is 3.19. The maximum atomic E-state index is 12.0. The number of benzene rings is 1. The van der Waals surface area contributed by atoms with Gasteiger partial charge in [0.25, 0.3) is 5.91 Å². The molecule has 1 rings (SSSR count).